The molecule has 0 aliphatic rings. The predicted octanol–water partition coefficient (Wildman–Crippen LogP) is 4.04. The average molecular weight is 710 g/mol. The van der Waals surface area contributed by atoms with Gasteiger partial charge in [-0.3, -0.25) is 9.11 Å². The van der Waals surface area contributed by atoms with Gasteiger partial charge in [-0.05, 0) is 71.1 Å². The van der Waals surface area contributed by atoms with Gasteiger partial charge in [-0.15, -0.1) is 10.2 Å². The van der Waals surface area contributed by atoms with Crippen LogP contribution in [0.4, 0.5) is 23.0 Å². The van der Waals surface area contributed by atoms with Crippen molar-refractivity contribution in [1.29, 1.82) is 0 Å². The third kappa shape index (κ3) is 8.04. The summed E-state index contributed by atoms with van der Waals surface area (Å²) >= 11 is 11.5. The summed E-state index contributed by atoms with van der Waals surface area (Å²) in [7, 11) is -12.9. The first kappa shape index (κ1) is 33.1. The van der Waals surface area contributed by atoms with Crippen LogP contribution in [0.15, 0.2) is 62.5 Å². The fourth-order valence-corrected chi connectivity index (χ4v) is 6.17. The van der Waals surface area contributed by atoms with Crippen LogP contribution in [0.5, 0.6) is 11.5 Å². The molecule has 0 aliphatic carbocycles. The van der Waals surface area contributed by atoms with E-state index in [9.17, 15) is 34.9 Å². The Morgan fingerprint density at radius 1 is 0.909 bits per heavy atom. The fraction of sp³-hybridized carbons (Fsp3) is 0.136. The second-order valence-electron chi connectivity index (χ2n) is 8.41. The number of azo groups is 1. The SMILES string of the molecule is COc1ccc(S(=O)(=O)CCOS(=O)(=O)O)cc1/N=N/c1c(S(=O)(=O)O)cc2cc(Nc3nc(Cl)nc(Cl)n3)ccc2c1O. The molecule has 0 atom stereocenters. The Morgan fingerprint density at radius 2 is 1.59 bits per heavy atom. The molecular formula is C22H18Cl2N6O11S3. The van der Waals surface area contributed by atoms with E-state index in [-0.39, 0.29) is 43.6 Å². The molecule has 1 heterocycles. The van der Waals surface area contributed by atoms with Gasteiger partial charge in [0.1, 0.15) is 22.0 Å². The minimum Gasteiger partial charge on any atom is -0.505 e. The summed E-state index contributed by atoms with van der Waals surface area (Å²) < 4.78 is 99.1. The number of halogens is 2. The number of ether oxygens (including phenoxy) is 1. The van der Waals surface area contributed by atoms with Crippen molar-refractivity contribution in [2.75, 3.05) is 24.8 Å². The minimum atomic E-state index is -5.02. The van der Waals surface area contributed by atoms with E-state index in [0.29, 0.717) is 5.69 Å². The third-order valence-corrected chi connectivity index (χ3v) is 8.86. The van der Waals surface area contributed by atoms with Crippen LogP contribution >= 0.6 is 23.2 Å². The summed E-state index contributed by atoms with van der Waals surface area (Å²) in [6, 6.07) is 8.52. The van der Waals surface area contributed by atoms with E-state index in [0.717, 1.165) is 18.2 Å². The Labute approximate surface area is 259 Å². The summed E-state index contributed by atoms with van der Waals surface area (Å²) in [5.74, 6) is -1.62. The lowest BCUT2D eigenvalue weighted by Gasteiger charge is -2.11. The van der Waals surface area contributed by atoms with Gasteiger partial charge < -0.3 is 15.2 Å². The zero-order valence-electron chi connectivity index (χ0n) is 21.8. The van der Waals surface area contributed by atoms with Crippen molar-refractivity contribution in [1.82, 2.24) is 15.0 Å². The molecule has 22 heteroatoms. The molecule has 4 rings (SSSR count). The molecule has 0 fully saturated rings. The number of phenolic OH excluding ortho intramolecular Hbond substituents is 1. The van der Waals surface area contributed by atoms with Crippen molar-refractivity contribution in [2.24, 2.45) is 10.2 Å². The highest BCUT2D eigenvalue weighted by Crippen LogP contribution is 2.43. The lowest BCUT2D eigenvalue weighted by molar-refractivity contribution is 0.284. The molecule has 0 spiro atoms. The average Bonchev–Trinajstić information content (AvgIpc) is 2.90. The first-order valence-corrected chi connectivity index (χ1v) is 16.7. The maximum absolute atomic E-state index is 12.7. The summed E-state index contributed by atoms with van der Waals surface area (Å²) in [5.41, 5.74) is -0.636. The molecule has 17 nitrogen and oxygen atoms in total. The molecule has 0 saturated heterocycles. The molecule has 3 aromatic carbocycles. The van der Waals surface area contributed by atoms with Gasteiger partial charge in [0.05, 0.1) is 24.4 Å². The van der Waals surface area contributed by atoms with Crippen LogP contribution in [0.3, 0.4) is 0 Å². The number of phenols is 1. The molecule has 0 saturated carbocycles. The maximum atomic E-state index is 12.7. The van der Waals surface area contributed by atoms with Crippen LogP contribution < -0.4 is 10.1 Å². The van der Waals surface area contributed by atoms with E-state index in [4.69, 9.17) is 32.5 Å². The Balaban J connectivity index is 1.75. The number of sulfone groups is 1. The number of anilines is 2. The fourth-order valence-electron chi connectivity index (χ4n) is 3.65. The Bertz CT molecular complexity index is 2110. The first-order chi connectivity index (χ1) is 20.5. The zero-order valence-corrected chi connectivity index (χ0v) is 25.7. The smallest absolute Gasteiger partial charge is 0.397 e. The van der Waals surface area contributed by atoms with Gasteiger partial charge in [0.2, 0.25) is 16.5 Å². The molecule has 234 valence electrons. The highest BCUT2D eigenvalue weighted by Gasteiger charge is 2.23. The van der Waals surface area contributed by atoms with Gasteiger partial charge in [0.25, 0.3) is 10.1 Å². The third-order valence-electron chi connectivity index (χ3n) is 5.52. The number of aromatic nitrogens is 3. The number of benzene rings is 3. The summed E-state index contributed by atoms with van der Waals surface area (Å²) in [4.78, 5) is 10.1. The largest absolute Gasteiger partial charge is 0.505 e. The van der Waals surface area contributed by atoms with E-state index in [1.165, 1.54) is 31.4 Å². The molecule has 0 bridgehead atoms. The number of hydrogen-bond acceptors (Lipinski definition) is 15. The van der Waals surface area contributed by atoms with Crippen LogP contribution in [0, 0.1) is 0 Å². The molecule has 44 heavy (non-hydrogen) atoms. The highest BCUT2D eigenvalue weighted by molar-refractivity contribution is 7.91. The molecule has 4 aromatic rings. The van der Waals surface area contributed by atoms with Gasteiger partial charge in [0, 0.05) is 11.1 Å². The topological polar surface area (TPSA) is 257 Å². The highest BCUT2D eigenvalue weighted by atomic mass is 35.5. The number of rotatable bonds is 11. The normalized spacial score (nSPS) is 12.6. The van der Waals surface area contributed by atoms with Crippen molar-refractivity contribution in [2.45, 2.75) is 9.79 Å². The van der Waals surface area contributed by atoms with Gasteiger partial charge >= 0.3 is 10.4 Å². The van der Waals surface area contributed by atoms with Crippen molar-refractivity contribution >= 4 is 87.3 Å². The molecular weight excluding hydrogens is 691 g/mol. The molecule has 0 unspecified atom stereocenters. The van der Waals surface area contributed by atoms with Crippen LogP contribution in [0.2, 0.25) is 10.6 Å². The number of nitrogens with one attached hydrogen (secondary N) is 1. The van der Waals surface area contributed by atoms with Crippen molar-refractivity contribution in [3.05, 3.63) is 53.0 Å². The Morgan fingerprint density at radius 3 is 2.20 bits per heavy atom. The summed E-state index contributed by atoms with van der Waals surface area (Å²) in [6.45, 7) is -0.888. The van der Waals surface area contributed by atoms with Crippen molar-refractivity contribution < 1.29 is 48.4 Å². The lowest BCUT2D eigenvalue weighted by Crippen LogP contribution is -2.15. The van der Waals surface area contributed by atoms with Gasteiger partial charge in [-0.25, -0.2) is 12.6 Å². The van der Waals surface area contributed by atoms with Gasteiger partial charge in [-0.2, -0.15) is 31.8 Å². The second-order valence-corrected chi connectivity index (χ2v) is 13.7. The number of hydrogen-bond donors (Lipinski definition) is 4. The standard InChI is InChI=1S/C22H18Cl2N6O11S3/c1-40-16-5-3-13(42(32,33)7-6-41-44(37,38)39)10-15(16)29-30-18-17(43(34,35)36)9-11-8-12(2-4-14(11)19(18)31)25-22-27-20(23)26-21(24)28-22/h2-5,8-10,31H,6-7H2,1H3,(H,34,35,36)(H,37,38,39)(H,25,26,27,28)/b30-29+. The summed E-state index contributed by atoms with van der Waals surface area (Å²) in [6.07, 6.45) is 0. The lowest BCUT2D eigenvalue weighted by atomic mass is 10.1. The molecule has 0 amide bonds. The zero-order chi connectivity index (χ0) is 32.4. The molecule has 0 aliphatic heterocycles. The molecule has 1 aromatic heterocycles. The monoisotopic (exact) mass is 708 g/mol. The first-order valence-electron chi connectivity index (χ1n) is 11.5. The molecule has 0 radical (unpaired) electrons. The number of fused-ring (bicyclic) bond motifs is 1. The maximum Gasteiger partial charge on any atom is 0.397 e. The Kier molecular flexibility index (Phi) is 9.56. The van der Waals surface area contributed by atoms with Gasteiger partial charge in [0.15, 0.2) is 15.6 Å². The van der Waals surface area contributed by atoms with E-state index >= 15 is 0 Å². The summed E-state index contributed by atoms with van der Waals surface area (Å²) in [5, 5.41) is 21.2. The number of aromatic hydroxyl groups is 1. The number of methoxy groups -OCH3 is 1. The van der Waals surface area contributed by atoms with E-state index in [1.807, 2.05) is 0 Å². The Hall–Kier alpha value is -3.76. The van der Waals surface area contributed by atoms with E-state index < -0.39 is 59.0 Å². The van der Waals surface area contributed by atoms with Gasteiger partial charge in [-0.1, -0.05) is 0 Å². The molecule has 4 N–H and O–H groups in total. The predicted molar refractivity (Wildman–Crippen MR) is 155 cm³/mol. The minimum absolute atomic E-state index is 0.0233. The van der Waals surface area contributed by atoms with Crippen LogP contribution in [-0.4, -0.2) is 73.9 Å². The van der Waals surface area contributed by atoms with E-state index in [1.54, 1.807) is 0 Å². The second kappa shape index (κ2) is 12.7. The quantitative estimate of drug-likeness (QED) is 0.127. The van der Waals surface area contributed by atoms with Crippen LogP contribution in [0.1, 0.15) is 0 Å². The van der Waals surface area contributed by atoms with Crippen LogP contribution in [-0.2, 0) is 34.5 Å². The van der Waals surface area contributed by atoms with Crippen molar-refractivity contribution in [3.63, 3.8) is 0 Å². The number of nitrogens with zero attached hydrogens (tertiary/aromatic N) is 5. The van der Waals surface area contributed by atoms with E-state index in [2.05, 4.69) is 34.7 Å². The van der Waals surface area contributed by atoms with Crippen LogP contribution in [0.25, 0.3) is 10.8 Å². The van der Waals surface area contributed by atoms with Crippen molar-refractivity contribution in [3.8, 4) is 11.5 Å².